The highest BCUT2D eigenvalue weighted by atomic mass is 32.1. The van der Waals surface area contributed by atoms with Gasteiger partial charge in [-0.05, 0) is 67.1 Å². The second-order valence-electron chi connectivity index (χ2n) is 10.1. The molecule has 8 aromatic rings. The van der Waals surface area contributed by atoms with Crippen molar-refractivity contribution < 1.29 is 0 Å². The van der Waals surface area contributed by atoms with Crippen molar-refractivity contribution in [1.82, 2.24) is 0 Å². The predicted octanol–water partition coefficient (Wildman–Crippen LogP) is 11.4. The summed E-state index contributed by atoms with van der Waals surface area (Å²) >= 11 is 1.88. The molecule has 0 radical (unpaired) electrons. The van der Waals surface area contributed by atoms with Gasteiger partial charge >= 0.3 is 0 Å². The molecule has 0 saturated carbocycles. The molecule has 0 N–H and O–H groups in total. The molecule has 0 fully saturated rings. The van der Waals surface area contributed by atoms with Crippen LogP contribution in [0.15, 0.2) is 146 Å². The Morgan fingerprint density at radius 3 is 1.62 bits per heavy atom. The summed E-state index contributed by atoms with van der Waals surface area (Å²) in [5.41, 5.74) is 7.55. The molecule has 7 aromatic carbocycles. The van der Waals surface area contributed by atoms with Gasteiger partial charge in [-0.15, -0.1) is 11.3 Å². The van der Waals surface area contributed by atoms with Crippen LogP contribution >= 0.6 is 11.3 Å². The highest BCUT2D eigenvalue weighted by Crippen LogP contribution is 2.40. The van der Waals surface area contributed by atoms with Gasteiger partial charge in [-0.25, -0.2) is 0 Å². The van der Waals surface area contributed by atoms with Crippen molar-refractivity contribution in [2.45, 2.75) is 0 Å². The lowest BCUT2D eigenvalue weighted by Gasteiger charge is -2.12. The van der Waals surface area contributed by atoms with E-state index in [0.29, 0.717) is 0 Å². The van der Waals surface area contributed by atoms with Gasteiger partial charge in [0.1, 0.15) is 0 Å². The van der Waals surface area contributed by atoms with E-state index in [9.17, 15) is 0 Å². The minimum Gasteiger partial charge on any atom is -0.135 e. The number of hydrogen-bond donors (Lipinski definition) is 0. The first-order chi connectivity index (χ1) is 19.3. The normalized spacial score (nSPS) is 11.6. The van der Waals surface area contributed by atoms with Crippen molar-refractivity contribution in [3.8, 4) is 33.4 Å². The summed E-state index contributed by atoms with van der Waals surface area (Å²) in [7, 11) is 0. The third-order valence-corrected chi connectivity index (χ3v) is 9.12. The standard InChI is InChI=1S/C38H24S/c1-2-9-30-29(8-1)24-36(33-11-4-3-10-32(30)33)28-22-18-26(19-23-28)25-16-20-27(21-17-25)31-13-7-14-35-34-12-5-6-15-37(34)39-38(31)35/h1-24H. The lowest BCUT2D eigenvalue weighted by Crippen LogP contribution is -1.85. The van der Waals surface area contributed by atoms with Crippen LogP contribution in [0.5, 0.6) is 0 Å². The highest BCUT2D eigenvalue weighted by molar-refractivity contribution is 7.26. The Bertz CT molecular complexity index is 2150. The maximum Gasteiger partial charge on any atom is 0.0433 e. The first-order valence-corrected chi connectivity index (χ1v) is 14.2. The zero-order valence-corrected chi connectivity index (χ0v) is 22.1. The van der Waals surface area contributed by atoms with Gasteiger partial charge < -0.3 is 0 Å². The molecule has 182 valence electrons. The number of thiophene rings is 1. The molecule has 0 amide bonds. The number of hydrogen-bond acceptors (Lipinski definition) is 1. The molecule has 0 atom stereocenters. The monoisotopic (exact) mass is 512 g/mol. The third kappa shape index (κ3) is 3.66. The lowest BCUT2D eigenvalue weighted by molar-refractivity contribution is 1.60. The van der Waals surface area contributed by atoms with E-state index in [1.165, 1.54) is 75.1 Å². The minimum absolute atomic E-state index is 1.23. The molecular formula is C38H24S. The van der Waals surface area contributed by atoms with E-state index in [2.05, 4.69) is 146 Å². The summed E-state index contributed by atoms with van der Waals surface area (Å²) in [6.45, 7) is 0. The fourth-order valence-electron chi connectivity index (χ4n) is 5.95. The quantitative estimate of drug-likeness (QED) is 0.207. The fraction of sp³-hybridized carbons (Fsp3) is 0. The molecule has 0 bridgehead atoms. The van der Waals surface area contributed by atoms with Crippen LogP contribution in [-0.2, 0) is 0 Å². The maximum atomic E-state index is 2.33. The molecule has 0 spiro atoms. The van der Waals surface area contributed by atoms with Crippen molar-refractivity contribution in [1.29, 1.82) is 0 Å². The van der Waals surface area contributed by atoms with Crippen LogP contribution in [0.3, 0.4) is 0 Å². The van der Waals surface area contributed by atoms with Crippen molar-refractivity contribution in [3.05, 3.63) is 146 Å². The van der Waals surface area contributed by atoms with Gasteiger partial charge in [-0.2, -0.15) is 0 Å². The van der Waals surface area contributed by atoms with Crippen molar-refractivity contribution in [2.75, 3.05) is 0 Å². The first-order valence-electron chi connectivity index (χ1n) is 13.4. The van der Waals surface area contributed by atoms with E-state index in [0.717, 1.165) is 0 Å². The van der Waals surface area contributed by atoms with Gasteiger partial charge in [-0.1, -0.05) is 133 Å². The van der Waals surface area contributed by atoms with Crippen LogP contribution in [0.2, 0.25) is 0 Å². The Morgan fingerprint density at radius 2 is 0.872 bits per heavy atom. The van der Waals surface area contributed by atoms with Crippen LogP contribution in [-0.4, -0.2) is 0 Å². The van der Waals surface area contributed by atoms with Gasteiger partial charge in [0.25, 0.3) is 0 Å². The summed E-state index contributed by atoms with van der Waals surface area (Å²) in [5, 5.41) is 7.87. The molecule has 0 aliphatic heterocycles. The Kier molecular flexibility index (Phi) is 5.11. The fourth-order valence-corrected chi connectivity index (χ4v) is 7.19. The maximum absolute atomic E-state index is 2.33. The van der Waals surface area contributed by atoms with E-state index in [1.807, 2.05) is 11.3 Å². The molecule has 1 heteroatoms. The molecule has 0 unspecified atom stereocenters. The number of rotatable bonds is 3. The highest BCUT2D eigenvalue weighted by Gasteiger charge is 2.11. The topological polar surface area (TPSA) is 0 Å². The average Bonchev–Trinajstić information content (AvgIpc) is 3.40. The third-order valence-electron chi connectivity index (χ3n) is 7.90. The Hall–Kier alpha value is -4.72. The summed E-state index contributed by atoms with van der Waals surface area (Å²) in [4.78, 5) is 0. The SMILES string of the molecule is c1ccc2c(c1)cc(-c1ccc(-c3ccc(-c4cccc5c4sc4ccccc45)cc3)cc1)c1ccccc12. The van der Waals surface area contributed by atoms with Crippen molar-refractivity contribution in [2.24, 2.45) is 0 Å². The second-order valence-corrected chi connectivity index (χ2v) is 11.2. The molecule has 1 aromatic heterocycles. The van der Waals surface area contributed by atoms with Gasteiger partial charge in [0.2, 0.25) is 0 Å². The molecule has 39 heavy (non-hydrogen) atoms. The molecule has 0 nitrogen and oxygen atoms in total. The lowest BCUT2D eigenvalue weighted by atomic mass is 9.92. The van der Waals surface area contributed by atoms with Crippen molar-refractivity contribution in [3.63, 3.8) is 0 Å². The van der Waals surface area contributed by atoms with Gasteiger partial charge in [-0.3, -0.25) is 0 Å². The van der Waals surface area contributed by atoms with Crippen molar-refractivity contribution >= 4 is 53.1 Å². The van der Waals surface area contributed by atoms with E-state index >= 15 is 0 Å². The Balaban J connectivity index is 1.16. The molecule has 0 saturated heterocycles. The predicted molar refractivity (Wildman–Crippen MR) is 171 cm³/mol. The molecule has 1 heterocycles. The van der Waals surface area contributed by atoms with E-state index in [-0.39, 0.29) is 0 Å². The second kappa shape index (κ2) is 8.94. The molecule has 8 rings (SSSR count). The largest absolute Gasteiger partial charge is 0.135 e. The minimum atomic E-state index is 1.23. The molecule has 0 aliphatic rings. The summed E-state index contributed by atoms with van der Waals surface area (Å²) < 4.78 is 2.70. The van der Waals surface area contributed by atoms with E-state index in [1.54, 1.807) is 0 Å². The smallest absolute Gasteiger partial charge is 0.0433 e. The van der Waals surface area contributed by atoms with Gasteiger partial charge in [0.05, 0.1) is 0 Å². The van der Waals surface area contributed by atoms with Gasteiger partial charge in [0.15, 0.2) is 0 Å². The number of fused-ring (bicyclic) bond motifs is 6. The van der Waals surface area contributed by atoms with E-state index in [4.69, 9.17) is 0 Å². The summed E-state index contributed by atoms with van der Waals surface area (Å²) in [6.07, 6.45) is 0. The number of benzene rings is 7. The zero-order chi connectivity index (χ0) is 25.8. The van der Waals surface area contributed by atoms with E-state index < -0.39 is 0 Å². The average molecular weight is 513 g/mol. The summed E-state index contributed by atoms with van der Waals surface area (Å²) in [5.74, 6) is 0. The summed E-state index contributed by atoms with van der Waals surface area (Å²) in [6, 6.07) is 53.2. The van der Waals surface area contributed by atoms with Crippen LogP contribution in [0.25, 0.3) is 75.1 Å². The zero-order valence-electron chi connectivity index (χ0n) is 21.3. The van der Waals surface area contributed by atoms with Gasteiger partial charge in [0, 0.05) is 20.2 Å². The first kappa shape index (κ1) is 22.3. The van der Waals surface area contributed by atoms with Crippen LogP contribution in [0, 0.1) is 0 Å². The molecule has 0 aliphatic carbocycles. The Morgan fingerprint density at radius 1 is 0.333 bits per heavy atom. The van der Waals surface area contributed by atoms with Crippen LogP contribution in [0.1, 0.15) is 0 Å². The van der Waals surface area contributed by atoms with Crippen LogP contribution < -0.4 is 0 Å². The Labute approximate surface area is 231 Å². The molecular weight excluding hydrogens is 488 g/mol. The van der Waals surface area contributed by atoms with Crippen LogP contribution in [0.4, 0.5) is 0 Å².